The highest BCUT2D eigenvalue weighted by Gasteiger charge is 2.59. The molecule has 0 aliphatic heterocycles. The molecule has 108 valence electrons. The molecule has 1 aromatic rings. The zero-order chi connectivity index (χ0) is 15.0. The van der Waals surface area contributed by atoms with Crippen molar-refractivity contribution in [1.82, 2.24) is 0 Å². The van der Waals surface area contributed by atoms with E-state index >= 15 is 0 Å². The van der Waals surface area contributed by atoms with Crippen LogP contribution in [0.3, 0.4) is 0 Å². The van der Waals surface area contributed by atoms with E-state index in [2.05, 4.69) is 0 Å². The van der Waals surface area contributed by atoms with Gasteiger partial charge in [0.1, 0.15) is 0 Å². The molecule has 0 aliphatic carbocycles. The molecule has 1 rings (SSSR count). The van der Waals surface area contributed by atoms with Gasteiger partial charge in [-0.05, 0) is 25.0 Å². The van der Waals surface area contributed by atoms with Crippen molar-refractivity contribution >= 4 is 0 Å². The van der Waals surface area contributed by atoms with Gasteiger partial charge in [0.25, 0.3) is 0 Å². The molecular weight excluding hydrogens is 272 g/mol. The number of aryl methyl sites for hydroxylation is 2. The van der Waals surface area contributed by atoms with Crippen molar-refractivity contribution in [3.63, 3.8) is 0 Å². The van der Waals surface area contributed by atoms with E-state index in [1.165, 1.54) is 19.1 Å². The summed E-state index contributed by atoms with van der Waals surface area (Å²) in [6.45, 7) is 3.00. The van der Waals surface area contributed by atoms with E-state index in [-0.39, 0.29) is 5.56 Å². The Bertz CT molecular complexity index is 435. The Morgan fingerprint density at radius 1 is 0.947 bits per heavy atom. The van der Waals surface area contributed by atoms with Gasteiger partial charge in [0.2, 0.25) is 0 Å². The first-order valence-electron chi connectivity index (χ1n) is 5.40. The lowest BCUT2D eigenvalue weighted by Crippen LogP contribution is -2.44. The van der Waals surface area contributed by atoms with Gasteiger partial charge in [-0.3, -0.25) is 0 Å². The number of hydrogen-bond donors (Lipinski definition) is 1. The third-order valence-corrected chi connectivity index (χ3v) is 2.86. The monoisotopic (exact) mass is 285 g/mol. The molecule has 1 atom stereocenters. The minimum atomic E-state index is -5.44. The number of nitrogens with two attached hydrogens (primary N) is 1. The van der Waals surface area contributed by atoms with E-state index in [9.17, 15) is 26.3 Å². The largest absolute Gasteiger partial charge is 0.402 e. The highest BCUT2D eigenvalue weighted by Crippen LogP contribution is 2.45. The summed E-state index contributed by atoms with van der Waals surface area (Å²) in [4.78, 5) is 0. The summed E-state index contributed by atoms with van der Waals surface area (Å²) in [5.74, 6) is -3.57. The highest BCUT2D eigenvalue weighted by molar-refractivity contribution is 5.33. The van der Waals surface area contributed by atoms with E-state index < -0.39 is 24.3 Å². The van der Waals surface area contributed by atoms with Crippen LogP contribution in [0.5, 0.6) is 0 Å². The summed E-state index contributed by atoms with van der Waals surface area (Å²) in [5, 5.41) is 0. The third-order valence-electron chi connectivity index (χ3n) is 2.86. The van der Waals surface area contributed by atoms with Crippen molar-refractivity contribution in [2.75, 3.05) is 0 Å². The van der Waals surface area contributed by atoms with Crippen LogP contribution in [0.2, 0.25) is 0 Å². The maximum absolute atomic E-state index is 12.6. The molecule has 1 nitrogen and oxygen atoms in total. The lowest BCUT2D eigenvalue weighted by Gasteiger charge is -2.29. The topological polar surface area (TPSA) is 26.0 Å². The van der Waals surface area contributed by atoms with Crippen molar-refractivity contribution < 1.29 is 26.3 Å². The van der Waals surface area contributed by atoms with Gasteiger partial charge in [0.05, 0.1) is 6.04 Å². The number of halogens is 6. The van der Waals surface area contributed by atoms with Crippen molar-refractivity contribution in [3.8, 4) is 0 Å². The van der Waals surface area contributed by atoms with Gasteiger partial charge in [0, 0.05) is 0 Å². The summed E-state index contributed by atoms with van der Waals surface area (Å²) in [5.41, 5.74) is 5.96. The van der Waals surface area contributed by atoms with Gasteiger partial charge >= 0.3 is 12.4 Å². The first-order valence-corrected chi connectivity index (χ1v) is 5.40. The molecule has 0 spiro atoms. The van der Waals surface area contributed by atoms with Crippen LogP contribution in [0.15, 0.2) is 18.2 Å². The average Bonchev–Trinajstić information content (AvgIpc) is 2.17. The fourth-order valence-corrected chi connectivity index (χ4v) is 1.89. The van der Waals surface area contributed by atoms with Crippen LogP contribution in [0, 0.1) is 19.8 Å². The lowest BCUT2D eigenvalue weighted by molar-refractivity contribution is -0.290. The predicted octanol–water partition coefficient (Wildman–Crippen LogP) is 4.04. The smallest absolute Gasteiger partial charge is 0.323 e. The first kappa shape index (κ1) is 15.8. The fraction of sp³-hybridized carbons (Fsp3) is 0.500. The first-order chi connectivity index (χ1) is 8.44. The maximum atomic E-state index is 12.6. The van der Waals surface area contributed by atoms with Crippen LogP contribution in [-0.4, -0.2) is 12.4 Å². The number of rotatable bonds is 2. The van der Waals surface area contributed by atoms with Crippen LogP contribution >= 0.6 is 0 Å². The summed E-state index contributed by atoms with van der Waals surface area (Å²) in [7, 11) is 0. The van der Waals surface area contributed by atoms with Crippen LogP contribution in [0.4, 0.5) is 26.3 Å². The highest BCUT2D eigenvalue weighted by atomic mass is 19.4. The third kappa shape index (κ3) is 3.62. The second-order valence-corrected chi connectivity index (χ2v) is 4.45. The summed E-state index contributed by atoms with van der Waals surface area (Å²) >= 11 is 0. The zero-order valence-corrected chi connectivity index (χ0v) is 10.2. The molecule has 0 saturated carbocycles. The molecule has 0 fully saturated rings. The molecule has 0 heterocycles. The molecule has 0 bridgehead atoms. The van der Waals surface area contributed by atoms with Crippen molar-refractivity contribution in [1.29, 1.82) is 0 Å². The van der Waals surface area contributed by atoms with Crippen LogP contribution < -0.4 is 5.73 Å². The minimum absolute atomic E-state index is 0.139. The Morgan fingerprint density at radius 3 is 1.84 bits per heavy atom. The maximum Gasteiger partial charge on any atom is 0.402 e. The lowest BCUT2D eigenvalue weighted by atomic mass is 9.89. The predicted molar refractivity (Wildman–Crippen MR) is 58.4 cm³/mol. The van der Waals surface area contributed by atoms with Gasteiger partial charge < -0.3 is 5.73 Å². The molecule has 0 radical (unpaired) electrons. The molecular formula is C12H13F6N. The van der Waals surface area contributed by atoms with E-state index in [1.54, 1.807) is 13.0 Å². The quantitative estimate of drug-likeness (QED) is 0.815. The van der Waals surface area contributed by atoms with E-state index in [0.29, 0.717) is 11.1 Å². The Hall–Kier alpha value is -1.24. The Kier molecular flexibility index (Phi) is 4.19. The summed E-state index contributed by atoms with van der Waals surface area (Å²) in [6.07, 6.45) is -10.9. The standard InChI is InChI=1S/C12H13F6N/c1-6-3-4-7(2)8(5-6)9(19)10(11(13,14)15)12(16,17)18/h3-5,9-10H,19H2,1-2H3. The van der Waals surface area contributed by atoms with Gasteiger partial charge in [-0.2, -0.15) is 26.3 Å². The van der Waals surface area contributed by atoms with Gasteiger partial charge in [-0.15, -0.1) is 0 Å². The fourth-order valence-electron chi connectivity index (χ4n) is 1.89. The van der Waals surface area contributed by atoms with Crippen molar-refractivity contribution in [2.24, 2.45) is 11.7 Å². The number of alkyl halides is 6. The molecule has 2 N–H and O–H groups in total. The van der Waals surface area contributed by atoms with Crippen LogP contribution in [0.25, 0.3) is 0 Å². The molecule has 1 unspecified atom stereocenters. The average molecular weight is 285 g/mol. The minimum Gasteiger partial charge on any atom is -0.323 e. The molecule has 19 heavy (non-hydrogen) atoms. The Balaban J connectivity index is 3.28. The normalized spacial score (nSPS) is 14.8. The van der Waals surface area contributed by atoms with Gasteiger partial charge in [-0.25, -0.2) is 0 Å². The molecule has 1 aromatic carbocycles. The molecule has 7 heteroatoms. The van der Waals surface area contributed by atoms with E-state index in [4.69, 9.17) is 5.73 Å². The molecule has 0 aromatic heterocycles. The van der Waals surface area contributed by atoms with Gasteiger partial charge in [0.15, 0.2) is 5.92 Å². The zero-order valence-electron chi connectivity index (χ0n) is 10.2. The van der Waals surface area contributed by atoms with E-state index in [0.717, 1.165) is 0 Å². The molecule has 0 amide bonds. The Labute approximate surface area is 106 Å². The van der Waals surface area contributed by atoms with Crippen LogP contribution in [0.1, 0.15) is 22.7 Å². The SMILES string of the molecule is Cc1ccc(C)c(C(N)C(C(F)(F)F)C(F)(F)F)c1. The molecule has 0 saturated heterocycles. The van der Waals surface area contributed by atoms with E-state index in [1.807, 2.05) is 0 Å². The number of benzene rings is 1. The van der Waals surface area contributed by atoms with Crippen LogP contribution in [-0.2, 0) is 0 Å². The summed E-state index contributed by atoms with van der Waals surface area (Å²) < 4.78 is 75.5. The Morgan fingerprint density at radius 2 is 1.42 bits per heavy atom. The van der Waals surface area contributed by atoms with Crippen molar-refractivity contribution in [3.05, 3.63) is 34.9 Å². The molecule has 0 aliphatic rings. The van der Waals surface area contributed by atoms with Gasteiger partial charge in [-0.1, -0.05) is 23.8 Å². The second kappa shape index (κ2) is 5.03. The summed E-state index contributed by atoms with van der Waals surface area (Å²) in [6, 6.07) is 2.14. The second-order valence-electron chi connectivity index (χ2n) is 4.45. The number of hydrogen-bond acceptors (Lipinski definition) is 1. The van der Waals surface area contributed by atoms with Crippen molar-refractivity contribution in [2.45, 2.75) is 32.2 Å².